The summed E-state index contributed by atoms with van der Waals surface area (Å²) in [5.41, 5.74) is 3.66. The Bertz CT molecular complexity index is 1390. The topological polar surface area (TPSA) is 111 Å². The molecule has 0 aliphatic rings. The van der Waals surface area contributed by atoms with Gasteiger partial charge < -0.3 is 20.5 Å². The first-order chi connectivity index (χ1) is 15.1. The molecule has 5 aromatic rings. The number of pyridine rings is 1. The number of benzene rings is 1. The van der Waals surface area contributed by atoms with Crippen LogP contribution in [0.1, 0.15) is 17.2 Å². The molecular weight excluding hydrogens is 431 g/mol. The van der Waals surface area contributed by atoms with E-state index in [0.717, 1.165) is 22.7 Å². The molecule has 164 valence electrons. The predicted octanol–water partition coefficient (Wildman–Crippen LogP) is 3.16. The molecule has 0 saturated heterocycles. The third-order valence-corrected chi connectivity index (χ3v) is 5.17. The van der Waals surface area contributed by atoms with Gasteiger partial charge in [-0.1, -0.05) is 18.2 Å². The van der Waals surface area contributed by atoms with Gasteiger partial charge in [0, 0.05) is 52.6 Å². The molecule has 4 N–H and O–H groups in total. The fourth-order valence-electron chi connectivity index (χ4n) is 3.63. The molecule has 0 spiro atoms. The summed E-state index contributed by atoms with van der Waals surface area (Å²) in [5.74, 6) is 0.0715. The molecule has 4 aromatic heterocycles. The first-order valence-corrected chi connectivity index (χ1v) is 9.71. The van der Waals surface area contributed by atoms with E-state index in [2.05, 4.69) is 25.4 Å². The van der Waals surface area contributed by atoms with Crippen LogP contribution in [0, 0.1) is 5.82 Å². The monoisotopic (exact) mass is 452 g/mol. The van der Waals surface area contributed by atoms with E-state index in [-0.39, 0.29) is 26.6 Å². The number of para-hydroxylation sites is 1. The number of anilines is 1. The van der Waals surface area contributed by atoms with Crippen LogP contribution in [-0.2, 0) is 6.61 Å². The van der Waals surface area contributed by atoms with Gasteiger partial charge in [0.15, 0.2) is 5.65 Å². The first-order valence-electron chi connectivity index (χ1n) is 9.71. The Balaban J connectivity index is 0.00000245. The van der Waals surface area contributed by atoms with Gasteiger partial charge in [0.25, 0.3) is 0 Å². The minimum absolute atomic E-state index is 0. The van der Waals surface area contributed by atoms with E-state index >= 15 is 0 Å². The number of hydrogen-bond acceptors (Lipinski definition) is 6. The number of aromatic amines is 1. The summed E-state index contributed by atoms with van der Waals surface area (Å²) in [6, 6.07) is 10.8. The van der Waals surface area contributed by atoms with E-state index in [1.807, 2.05) is 24.3 Å². The maximum Gasteiger partial charge on any atom is 0.163 e. The lowest BCUT2D eigenvalue weighted by molar-refractivity contribution is 0.193. The average Bonchev–Trinajstić information content (AvgIpc) is 3.41. The Morgan fingerprint density at radius 3 is 2.81 bits per heavy atom. The van der Waals surface area contributed by atoms with Crippen molar-refractivity contribution in [1.82, 2.24) is 24.6 Å². The van der Waals surface area contributed by atoms with E-state index < -0.39 is 11.9 Å². The highest BCUT2D eigenvalue weighted by atomic mass is 32.1. The molecule has 4 heterocycles. The number of aliphatic hydroxyl groups excluding tert-OH is 2. The Morgan fingerprint density at radius 2 is 2.00 bits per heavy atom. The molecule has 0 unspecified atom stereocenters. The van der Waals surface area contributed by atoms with Crippen molar-refractivity contribution in [3.63, 3.8) is 0 Å². The molecule has 0 saturated carbocycles. The lowest BCUT2D eigenvalue weighted by Crippen LogP contribution is -2.15. The van der Waals surface area contributed by atoms with Crippen LogP contribution < -0.4 is 5.32 Å². The summed E-state index contributed by atoms with van der Waals surface area (Å²) in [4.78, 5) is 11.6. The SMILES string of the molecule is OCc1cnn2c(NC[C@H](O)c3c[nH]c4ccccc34)cc(-c3cncc(F)c3)nc12.S. The van der Waals surface area contributed by atoms with Crippen molar-refractivity contribution < 1.29 is 14.6 Å². The molecule has 8 nitrogen and oxygen atoms in total. The van der Waals surface area contributed by atoms with Gasteiger partial charge in [-0.25, -0.2) is 9.37 Å². The van der Waals surface area contributed by atoms with Crippen molar-refractivity contribution in [2.24, 2.45) is 0 Å². The fraction of sp³-hybridized carbons (Fsp3) is 0.136. The smallest absolute Gasteiger partial charge is 0.163 e. The quantitative estimate of drug-likeness (QED) is 0.315. The molecule has 1 atom stereocenters. The largest absolute Gasteiger partial charge is 0.391 e. The van der Waals surface area contributed by atoms with Gasteiger partial charge in [-0.2, -0.15) is 23.1 Å². The molecule has 32 heavy (non-hydrogen) atoms. The summed E-state index contributed by atoms with van der Waals surface area (Å²) in [6.45, 7) is -0.0329. The van der Waals surface area contributed by atoms with Crippen LogP contribution in [0.3, 0.4) is 0 Å². The van der Waals surface area contributed by atoms with Crippen LogP contribution in [0.4, 0.5) is 10.2 Å². The van der Waals surface area contributed by atoms with Gasteiger partial charge >= 0.3 is 0 Å². The second-order valence-electron chi connectivity index (χ2n) is 7.17. The van der Waals surface area contributed by atoms with Crippen LogP contribution in [0.2, 0.25) is 0 Å². The van der Waals surface area contributed by atoms with Crippen molar-refractivity contribution in [1.29, 1.82) is 0 Å². The van der Waals surface area contributed by atoms with Gasteiger partial charge in [-0.3, -0.25) is 4.98 Å². The van der Waals surface area contributed by atoms with Crippen LogP contribution >= 0.6 is 13.5 Å². The summed E-state index contributed by atoms with van der Waals surface area (Å²) in [6.07, 6.45) is 5.17. The van der Waals surface area contributed by atoms with Crippen molar-refractivity contribution in [2.75, 3.05) is 11.9 Å². The summed E-state index contributed by atoms with van der Waals surface area (Å²) in [7, 11) is 0. The Kier molecular flexibility index (Phi) is 6.08. The third kappa shape index (κ3) is 3.91. The highest BCUT2D eigenvalue weighted by molar-refractivity contribution is 7.59. The fourth-order valence-corrected chi connectivity index (χ4v) is 3.63. The molecule has 5 rings (SSSR count). The number of halogens is 1. The zero-order valence-electron chi connectivity index (χ0n) is 16.8. The van der Waals surface area contributed by atoms with Crippen LogP contribution in [0.5, 0.6) is 0 Å². The predicted molar refractivity (Wildman–Crippen MR) is 124 cm³/mol. The molecule has 0 fully saturated rings. The van der Waals surface area contributed by atoms with E-state index in [1.165, 1.54) is 18.5 Å². The number of hydrogen-bond donors (Lipinski definition) is 4. The molecule has 0 aliphatic heterocycles. The number of aliphatic hydroxyl groups is 2. The van der Waals surface area contributed by atoms with Crippen molar-refractivity contribution in [2.45, 2.75) is 12.7 Å². The normalized spacial score (nSPS) is 12.1. The molecular formula is C22H21FN6O2S. The van der Waals surface area contributed by atoms with E-state index in [1.54, 1.807) is 16.8 Å². The summed E-state index contributed by atoms with van der Waals surface area (Å²) >= 11 is 0. The lowest BCUT2D eigenvalue weighted by Gasteiger charge is -2.14. The molecule has 10 heteroatoms. The highest BCUT2D eigenvalue weighted by Crippen LogP contribution is 2.27. The average molecular weight is 453 g/mol. The molecule has 0 amide bonds. The van der Waals surface area contributed by atoms with Gasteiger partial charge in [0.05, 0.1) is 30.8 Å². The molecule has 0 aliphatic carbocycles. The second-order valence-corrected chi connectivity index (χ2v) is 7.17. The Morgan fingerprint density at radius 1 is 1.16 bits per heavy atom. The summed E-state index contributed by atoms with van der Waals surface area (Å²) in [5, 5.41) is 28.9. The highest BCUT2D eigenvalue weighted by Gasteiger charge is 2.16. The standard InChI is InChI=1S/C22H19FN6O2.H2S/c23-15-5-13(7-24-9-15)19-6-21(29-22(28-19)14(12-30)8-27-29)26-11-20(31)17-10-25-18-4-2-1-3-16(17)18;/h1-10,20,25-26,30-31H,11-12H2;1H2/t20-;/m0./s1. The van der Waals surface area contributed by atoms with Crippen molar-refractivity contribution in [3.05, 3.63) is 78.1 Å². The van der Waals surface area contributed by atoms with E-state index in [4.69, 9.17) is 0 Å². The van der Waals surface area contributed by atoms with Gasteiger partial charge in [0.1, 0.15) is 11.6 Å². The minimum Gasteiger partial charge on any atom is -0.391 e. The second kappa shape index (κ2) is 8.95. The molecule has 0 radical (unpaired) electrons. The molecule has 1 aromatic carbocycles. The number of nitrogens with one attached hydrogen (secondary N) is 2. The first kappa shape index (κ1) is 21.8. The number of nitrogens with zero attached hydrogens (tertiary/aromatic N) is 4. The minimum atomic E-state index is -0.786. The van der Waals surface area contributed by atoms with Crippen molar-refractivity contribution >= 4 is 35.9 Å². The van der Waals surface area contributed by atoms with Gasteiger partial charge in [-0.05, 0) is 12.1 Å². The van der Waals surface area contributed by atoms with Crippen LogP contribution in [0.15, 0.2) is 61.2 Å². The Hall–Kier alpha value is -3.47. The Labute approximate surface area is 189 Å². The van der Waals surface area contributed by atoms with Gasteiger partial charge in [-0.15, -0.1) is 0 Å². The van der Waals surface area contributed by atoms with Gasteiger partial charge in [0.2, 0.25) is 0 Å². The number of fused-ring (bicyclic) bond motifs is 2. The number of rotatable bonds is 6. The summed E-state index contributed by atoms with van der Waals surface area (Å²) < 4.78 is 15.2. The van der Waals surface area contributed by atoms with Crippen LogP contribution in [-0.4, -0.2) is 41.3 Å². The van der Waals surface area contributed by atoms with Crippen molar-refractivity contribution in [3.8, 4) is 11.3 Å². The zero-order chi connectivity index (χ0) is 21.4. The maximum absolute atomic E-state index is 13.7. The van der Waals surface area contributed by atoms with E-state index in [9.17, 15) is 14.6 Å². The van der Waals surface area contributed by atoms with E-state index in [0.29, 0.717) is 28.3 Å². The number of H-pyrrole nitrogens is 1. The molecule has 0 bridgehead atoms. The third-order valence-electron chi connectivity index (χ3n) is 5.17. The zero-order valence-corrected chi connectivity index (χ0v) is 17.8. The van der Waals surface area contributed by atoms with Crippen LogP contribution in [0.25, 0.3) is 27.8 Å². The number of aromatic nitrogens is 5. The maximum atomic E-state index is 13.7. The lowest BCUT2D eigenvalue weighted by atomic mass is 10.1.